The summed E-state index contributed by atoms with van der Waals surface area (Å²) in [5, 5.41) is 6.02. The van der Waals surface area contributed by atoms with Gasteiger partial charge in [0.25, 0.3) is 5.91 Å². The number of hydrogen-bond donors (Lipinski definition) is 2. The van der Waals surface area contributed by atoms with Gasteiger partial charge in [0.1, 0.15) is 0 Å². The van der Waals surface area contributed by atoms with Crippen molar-refractivity contribution in [2.24, 2.45) is 0 Å². The van der Waals surface area contributed by atoms with E-state index in [0.29, 0.717) is 12.1 Å². The molecule has 5 nitrogen and oxygen atoms in total. The predicted molar refractivity (Wildman–Crippen MR) is 99.4 cm³/mol. The molecule has 0 saturated heterocycles. The third kappa shape index (κ3) is 4.01. The van der Waals surface area contributed by atoms with Crippen LogP contribution in [-0.2, 0) is 6.54 Å². The van der Waals surface area contributed by atoms with E-state index in [9.17, 15) is 4.79 Å². The minimum Gasteiger partial charge on any atom is -0.388 e. The second-order valence-corrected chi connectivity index (χ2v) is 5.76. The molecular formula is C20H20N4O. The second kappa shape index (κ2) is 7.57. The van der Waals surface area contributed by atoms with E-state index in [-0.39, 0.29) is 5.91 Å². The van der Waals surface area contributed by atoms with Crippen LogP contribution >= 0.6 is 0 Å². The van der Waals surface area contributed by atoms with Crippen LogP contribution in [0.1, 0.15) is 21.5 Å². The molecule has 0 unspecified atom stereocenters. The molecule has 2 heterocycles. The topological polar surface area (TPSA) is 66.9 Å². The number of aryl methyl sites for hydroxylation is 1. The monoisotopic (exact) mass is 332 g/mol. The van der Waals surface area contributed by atoms with E-state index >= 15 is 0 Å². The van der Waals surface area contributed by atoms with Crippen LogP contribution in [-0.4, -0.2) is 22.9 Å². The summed E-state index contributed by atoms with van der Waals surface area (Å²) < 4.78 is 0. The average molecular weight is 332 g/mol. The van der Waals surface area contributed by atoms with Crippen LogP contribution in [0.2, 0.25) is 0 Å². The Morgan fingerprint density at radius 1 is 1.12 bits per heavy atom. The molecule has 126 valence electrons. The molecule has 0 bridgehead atoms. The van der Waals surface area contributed by atoms with Crippen molar-refractivity contribution in [2.45, 2.75) is 13.5 Å². The lowest BCUT2D eigenvalue weighted by atomic mass is 10.1. The van der Waals surface area contributed by atoms with Crippen LogP contribution in [0.4, 0.5) is 5.69 Å². The van der Waals surface area contributed by atoms with E-state index in [1.165, 1.54) is 0 Å². The zero-order valence-electron chi connectivity index (χ0n) is 14.3. The van der Waals surface area contributed by atoms with E-state index in [2.05, 4.69) is 33.6 Å². The van der Waals surface area contributed by atoms with Gasteiger partial charge < -0.3 is 10.6 Å². The Bertz CT molecular complexity index is 861. The van der Waals surface area contributed by atoms with E-state index in [1.807, 2.05) is 37.4 Å². The maximum atomic E-state index is 12.2. The Morgan fingerprint density at radius 3 is 2.64 bits per heavy atom. The van der Waals surface area contributed by atoms with Crippen LogP contribution < -0.4 is 10.6 Å². The lowest BCUT2D eigenvalue weighted by Gasteiger charge is -2.09. The summed E-state index contributed by atoms with van der Waals surface area (Å²) in [6, 6.07) is 13.6. The molecule has 0 radical (unpaired) electrons. The molecule has 0 saturated carbocycles. The van der Waals surface area contributed by atoms with Gasteiger partial charge in [0.15, 0.2) is 0 Å². The van der Waals surface area contributed by atoms with Gasteiger partial charge in [0.2, 0.25) is 0 Å². The van der Waals surface area contributed by atoms with Crippen LogP contribution in [0, 0.1) is 6.92 Å². The molecule has 1 aromatic carbocycles. The Kier molecular flexibility index (Phi) is 5.04. The quantitative estimate of drug-likeness (QED) is 0.751. The van der Waals surface area contributed by atoms with Crippen molar-refractivity contribution in [2.75, 3.05) is 12.4 Å². The maximum Gasteiger partial charge on any atom is 0.253 e. The van der Waals surface area contributed by atoms with Crippen molar-refractivity contribution in [3.05, 3.63) is 77.7 Å². The van der Waals surface area contributed by atoms with Gasteiger partial charge in [-0.2, -0.15) is 0 Å². The summed E-state index contributed by atoms with van der Waals surface area (Å²) in [6.45, 7) is 2.49. The predicted octanol–water partition coefficient (Wildman–Crippen LogP) is 3.42. The number of anilines is 1. The first kappa shape index (κ1) is 16.6. The molecule has 0 spiro atoms. The number of nitrogens with zero attached hydrogens (tertiary/aromatic N) is 2. The molecule has 0 aliphatic rings. The smallest absolute Gasteiger partial charge is 0.253 e. The zero-order valence-corrected chi connectivity index (χ0v) is 14.3. The molecule has 2 N–H and O–H groups in total. The van der Waals surface area contributed by atoms with Crippen molar-refractivity contribution >= 4 is 11.6 Å². The molecular weight excluding hydrogens is 312 g/mol. The molecule has 0 fully saturated rings. The van der Waals surface area contributed by atoms with E-state index in [4.69, 9.17) is 0 Å². The molecule has 0 atom stereocenters. The van der Waals surface area contributed by atoms with Gasteiger partial charge in [-0.3, -0.25) is 14.8 Å². The number of nitrogens with one attached hydrogen (secondary N) is 2. The summed E-state index contributed by atoms with van der Waals surface area (Å²) in [5.41, 5.74) is 5.61. The second-order valence-electron chi connectivity index (χ2n) is 5.76. The lowest BCUT2D eigenvalue weighted by Crippen LogP contribution is -2.22. The first-order valence-corrected chi connectivity index (χ1v) is 8.09. The van der Waals surface area contributed by atoms with Crippen LogP contribution in [0.5, 0.6) is 0 Å². The average Bonchev–Trinajstić information content (AvgIpc) is 2.67. The van der Waals surface area contributed by atoms with Crippen LogP contribution in [0.25, 0.3) is 11.3 Å². The Hall–Kier alpha value is -3.21. The molecule has 2 aromatic heterocycles. The highest BCUT2D eigenvalue weighted by Crippen LogP contribution is 2.23. The fourth-order valence-corrected chi connectivity index (χ4v) is 2.59. The molecule has 0 aliphatic heterocycles. The molecule has 3 rings (SSSR count). The highest BCUT2D eigenvalue weighted by atomic mass is 16.1. The summed E-state index contributed by atoms with van der Waals surface area (Å²) in [6.07, 6.45) is 5.05. The SMILES string of the molecule is CNc1ccc(-c2ccc(C(=O)NCc3cccnc3)cn2)cc1C. The van der Waals surface area contributed by atoms with Gasteiger partial charge in [0.05, 0.1) is 11.3 Å². The van der Waals surface area contributed by atoms with Crippen molar-refractivity contribution in [1.29, 1.82) is 0 Å². The third-order valence-corrected chi connectivity index (χ3v) is 3.99. The third-order valence-electron chi connectivity index (χ3n) is 3.99. The number of benzene rings is 1. The summed E-state index contributed by atoms with van der Waals surface area (Å²) >= 11 is 0. The van der Waals surface area contributed by atoms with Gasteiger partial charge in [-0.1, -0.05) is 12.1 Å². The molecule has 5 heteroatoms. The van der Waals surface area contributed by atoms with Gasteiger partial charge in [-0.15, -0.1) is 0 Å². The number of carbonyl (C=O) groups excluding carboxylic acids is 1. The lowest BCUT2D eigenvalue weighted by molar-refractivity contribution is 0.0950. The number of carbonyl (C=O) groups is 1. The van der Waals surface area contributed by atoms with Crippen molar-refractivity contribution < 1.29 is 4.79 Å². The normalized spacial score (nSPS) is 10.3. The van der Waals surface area contributed by atoms with E-state index in [0.717, 1.165) is 28.1 Å². The first-order chi connectivity index (χ1) is 12.2. The minimum atomic E-state index is -0.149. The summed E-state index contributed by atoms with van der Waals surface area (Å²) in [4.78, 5) is 20.7. The molecule has 0 aliphatic carbocycles. The van der Waals surface area contributed by atoms with Gasteiger partial charge in [-0.05, 0) is 48.4 Å². The first-order valence-electron chi connectivity index (χ1n) is 8.09. The number of rotatable bonds is 5. The Balaban J connectivity index is 1.69. The minimum absolute atomic E-state index is 0.149. The van der Waals surface area contributed by atoms with Gasteiger partial charge in [-0.25, -0.2) is 0 Å². The summed E-state index contributed by atoms with van der Waals surface area (Å²) in [5.74, 6) is -0.149. The number of hydrogen-bond acceptors (Lipinski definition) is 4. The van der Waals surface area contributed by atoms with E-state index in [1.54, 1.807) is 24.7 Å². The van der Waals surface area contributed by atoms with Crippen molar-refractivity contribution in [3.63, 3.8) is 0 Å². The number of pyridine rings is 2. The highest BCUT2D eigenvalue weighted by Gasteiger charge is 2.08. The zero-order chi connectivity index (χ0) is 17.6. The fraction of sp³-hybridized carbons (Fsp3) is 0.150. The maximum absolute atomic E-state index is 12.2. The Labute approximate surface area is 147 Å². The highest BCUT2D eigenvalue weighted by molar-refractivity contribution is 5.94. The van der Waals surface area contributed by atoms with Crippen LogP contribution in [0.15, 0.2) is 61.1 Å². The standard InChI is InChI=1S/C20H20N4O/c1-14-10-16(5-7-18(14)21-2)19-8-6-17(13-23-19)20(25)24-12-15-4-3-9-22-11-15/h3-11,13,21H,12H2,1-2H3,(H,24,25). The molecule has 25 heavy (non-hydrogen) atoms. The van der Waals surface area contributed by atoms with Crippen molar-refractivity contribution in [3.8, 4) is 11.3 Å². The fourth-order valence-electron chi connectivity index (χ4n) is 2.59. The van der Waals surface area contributed by atoms with Gasteiger partial charge in [0, 0.05) is 43.4 Å². The van der Waals surface area contributed by atoms with Crippen LogP contribution in [0.3, 0.4) is 0 Å². The Morgan fingerprint density at radius 2 is 2.00 bits per heavy atom. The number of amides is 1. The van der Waals surface area contributed by atoms with E-state index < -0.39 is 0 Å². The number of aromatic nitrogens is 2. The molecule has 3 aromatic rings. The van der Waals surface area contributed by atoms with Crippen molar-refractivity contribution in [1.82, 2.24) is 15.3 Å². The largest absolute Gasteiger partial charge is 0.388 e. The summed E-state index contributed by atoms with van der Waals surface area (Å²) in [7, 11) is 1.90. The molecule has 1 amide bonds. The van der Waals surface area contributed by atoms with Gasteiger partial charge >= 0.3 is 0 Å².